The summed E-state index contributed by atoms with van der Waals surface area (Å²) in [4.78, 5) is 24.4. The van der Waals surface area contributed by atoms with E-state index >= 15 is 0 Å². The molecule has 1 aromatic carbocycles. The minimum Gasteiger partial charge on any atom is -0.312 e. The minimum absolute atomic E-state index is 0.00521. The summed E-state index contributed by atoms with van der Waals surface area (Å²) in [6.07, 6.45) is -4.71. The maximum Gasteiger partial charge on any atom is 0.396 e. The summed E-state index contributed by atoms with van der Waals surface area (Å²) in [5.41, 5.74) is 0.624. The Morgan fingerprint density at radius 1 is 1.21 bits per heavy atom. The molecule has 0 N–H and O–H groups in total. The van der Waals surface area contributed by atoms with Crippen LogP contribution in [0.4, 0.5) is 18.9 Å². The van der Waals surface area contributed by atoms with Crippen molar-refractivity contribution in [3.8, 4) is 0 Å². The molecule has 0 aliphatic carbocycles. The molecular weight excluding hydrogens is 259 g/mol. The van der Waals surface area contributed by atoms with Crippen molar-refractivity contribution < 1.29 is 22.8 Å². The van der Waals surface area contributed by atoms with Gasteiger partial charge in [-0.25, -0.2) is 0 Å². The van der Waals surface area contributed by atoms with E-state index in [1.807, 2.05) is 0 Å². The first kappa shape index (κ1) is 13.6. The van der Waals surface area contributed by atoms with E-state index in [-0.39, 0.29) is 11.5 Å². The first-order valence-electron chi connectivity index (χ1n) is 5.87. The van der Waals surface area contributed by atoms with Gasteiger partial charge in [0.2, 0.25) is 5.91 Å². The van der Waals surface area contributed by atoms with Gasteiger partial charge in [0.25, 0.3) is 0 Å². The van der Waals surface area contributed by atoms with E-state index in [1.165, 1.54) is 24.3 Å². The van der Waals surface area contributed by atoms with E-state index in [2.05, 4.69) is 0 Å². The molecule has 19 heavy (non-hydrogen) atoms. The number of anilines is 1. The Morgan fingerprint density at radius 3 is 2.32 bits per heavy atom. The maximum atomic E-state index is 12.1. The van der Waals surface area contributed by atoms with Crippen LogP contribution in [0.3, 0.4) is 0 Å². The molecule has 0 bridgehead atoms. The number of hydrogen-bond donors (Lipinski definition) is 0. The maximum absolute atomic E-state index is 12.1. The molecule has 1 saturated heterocycles. The molecule has 1 amide bonds. The lowest BCUT2D eigenvalue weighted by Gasteiger charge is -2.15. The van der Waals surface area contributed by atoms with Gasteiger partial charge in [-0.15, -0.1) is 0 Å². The molecule has 6 heteroatoms. The van der Waals surface area contributed by atoms with Gasteiger partial charge in [-0.1, -0.05) is 0 Å². The molecule has 0 radical (unpaired) electrons. The van der Waals surface area contributed by atoms with Crippen molar-refractivity contribution in [3.05, 3.63) is 29.8 Å². The van der Waals surface area contributed by atoms with Crippen molar-refractivity contribution in [1.29, 1.82) is 0 Å². The number of ketones is 1. The van der Waals surface area contributed by atoms with Crippen LogP contribution in [-0.2, 0) is 4.79 Å². The van der Waals surface area contributed by atoms with Crippen LogP contribution in [0.25, 0.3) is 0 Å². The van der Waals surface area contributed by atoms with Gasteiger partial charge < -0.3 is 4.90 Å². The highest BCUT2D eigenvalue weighted by Gasteiger charge is 2.31. The zero-order valence-electron chi connectivity index (χ0n) is 10.0. The van der Waals surface area contributed by atoms with E-state index in [4.69, 9.17) is 0 Å². The van der Waals surface area contributed by atoms with E-state index < -0.39 is 18.4 Å². The van der Waals surface area contributed by atoms with Crippen molar-refractivity contribution in [2.24, 2.45) is 0 Å². The number of Topliss-reactive ketones (excluding diaryl/α,β-unsaturated/α-hetero) is 1. The lowest BCUT2D eigenvalue weighted by molar-refractivity contribution is -0.125. The third kappa shape index (κ3) is 3.33. The summed E-state index contributed by atoms with van der Waals surface area (Å²) >= 11 is 0. The number of carbonyl (C=O) groups is 2. The molecule has 102 valence electrons. The van der Waals surface area contributed by atoms with Crippen LogP contribution >= 0.6 is 0 Å². The summed E-state index contributed by atoms with van der Waals surface area (Å²) < 4.78 is 36.3. The predicted molar refractivity (Wildman–Crippen MR) is 63.0 cm³/mol. The van der Waals surface area contributed by atoms with E-state index in [1.54, 1.807) is 4.90 Å². The second-order valence-electron chi connectivity index (χ2n) is 4.41. The van der Waals surface area contributed by atoms with Gasteiger partial charge in [-0.3, -0.25) is 9.59 Å². The monoisotopic (exact) mass is 271 g/mol. The van der Waals surface area contributed by atoms with Crippen molar-refractivity contribution in [2.75, 3.05) is 11.4 Å². The highest BCUT2D eigenvalue weighted by atomic mass is 19.4. The number of benzene rings is 1. The average molecular weight is 271 g/mol. The Labute approximate surface area is 108 Å². The van der Waals surface area contributed by atoms with E-state index in [0.717, 1.165) is 6.42 Å². The van der Waals surface area contributed by atoms with Crippen LogP contribution in [0.5, 0.6) is 0 Å². The Hall–Kier alpha value is -1.85. The van der Waals surface area contributed by atoms with Gasteiger partial charge in [0.1, 0.15) is 6.42 Å². The topological polar surface area (TPSA) is 37.4 Å². The third-order valence-electron chi connectivity index (χ3n) is 2.94. The van der Waals surface area contributed by atoms with Crippen LogP contribution < -0.4 is 4.90 Å². The zero-order valence-corrected chi connectivity index (χ0v) is 10.0. The minimum atomic E-state index is -4.50. The fourth-order valence-electron chi connectivity index (χ4n) is 2.03. The van der Waals surface area contributed by atoms with Gasteiger partial charge in [0.05, 0.1) is 0 Å². The molecule has 3 nitrogen and oxygen atoms in total. The zero-order chi connectivity index (χ0) is 14.0. The SMILES string of the molecule is O=C(CC(F)(F)F)c1ccc(N2CCCC2=O)cc1. The summed E-state index contributed by atoms with van der Waals surface area (Å²) in [5, 5.41) is 0. The van der Waals surface area contributed by atoms with Gasteiger partial charge in [0.15, 0.2) is 5.78 Å². The average Bonchev–Trinajstić information content (AvgIpc) is 2.73. The first-order chi connectivity index (χ1) is 8.87. The highest BCUT2D eigenvalue weighted by Crippen LogP contribution is 2.25. The van der Waals surface area contributed by atoms with Crippen molar-refractivity contribution in [1.82, 2.24) is 0 Å². The second-order valence-corrected chi connectivity index (χ2v) is 4.41. The standard InChI is InChI=1S/C13H12F3NO2/c14-13(15,16)8-11(18)9-3-5-10(6-4-9)17-7-1-2-12(17)19/h3-6H,1-2,7-8H2. The molecule has 1 aromatic rings. The molecule has 1 fully saturated rings. The number of nitrogens with zero attached hydrogens (tertiary/aromatic N) is 1. The normalized spacial score (nSPS) is 15.9. The van der Waals surface area contributed by atoms with Gasteiger partial charge in [-0.2, -0.15) is 13.2 Å². The fraction of sp³-hybridized carbons (Fsp3) is 0.385. The molecule has 1 aliphatic heterocycles. The second kappa shape index (κ2) is 5.03. The molecule has 0 spiro atoms. The van der Waals surface area contributed by atoms with Crippen LogP contribution in [0.1, 0.15) is 29.6 Å². The summed E-state index contributed by atoms with van der Waals surface area (Å²) in [5.74, 6) is -0.971. The molecule has 2 rings (SSSR count). The van der Waals surface area contributed by atoms with Gasteiger partial charge >= 0.3 is 6.18 Å². The molecule has 0 atom stereocenters. The van der Waals surface area contributed by atoms with E-state index in [9.17, 15) is 22.8 Å². The van der Waals surface area contributed by atoms with Crippen LogP contribution in [0.2, 0.25) is 0 Å². The molecule has 1 heterocycles. The Bertz CT molecular complexity index is 494. The Kier molecular flexibility index (Phi) is 3.59. The predicted octanol–water partition coefficient (Wildman–Crippen LogP) is 2.95. The number of amides is 1. The number of rotatable bonds is 3. The third-order valence-corrected chi connectivity index (χ3v) is 2.94. The fourth-order valence-corrected chi connectivity index (χ4v) is 2.03. The molecule has 0 saturated carbocycles. The molecule has 1 aliphatic rings. The number of carbonyl (C=O) groups excluding carboxylic acids is 2. The number of alkyl halides is 3. The summed E-state index contributed by atoms with van der Waals surface area (Å²) in [6.45, 7) is 0.606. The first-order valence-corrected chi connectivity index (χ1v) is 5.87. The summed E-state index contributed by atoms with van der Waals surface area (Å²) in [6, 6.07) is 5.67. The van der Waals surface area contributed by atoms with Crippen LogP contribution in [-0.4, -0.2) is 24.4 Å². The van der Waals surface area contributed by atoms with Crippen LogP contribution in [0, 0.1) is 0 Å². The molecular formula is C13H12F3NO2. The molecule has 0 aromatic heterocycles. The Morgan fingerprint density at radius 2 is 1.84 bits per heavy atom. The summed E-state index contributed by atoms with van der Waals surface area (Å²) in [7, 11) is 0. The highest BCUT2D eigenvalue weighted by molar-refractivity contribution is 5.98. The quantitative estimate of drug-likeness (QED) is 0.793. The lowest BCUT2D eigenvalue weighted by Crippen LogP contribution is -2.23. The van der Waals surface area contributed by atoms with Crippen molar-refractivity contribution >= 4 is 17.4 Å². The molecule has 0 unspecified atom stereocenters. The van der Waals surface area contributed by atoms with Gasteiger partial charge in [-0.05, 0) is 30.7 Å². The van der Waals surface area contributed by atoms with Crippen molar-refractivity contribution in [3.63, 3.8) is 0 Å². The number of hydrogen-bond acceptors (Lipinski definition) is 2. The van der Waals surface area contributed by atoms with E-state index in [0.29, 0.717) is 18.7 Å². The van der Waals surface area contributed by atoms with Gasteiger partial charge in [0, 0.05) is 24.2 Å². The van der Waals surface area contributed by atoms with Crippen LogP contribution in [0.15, 0.2) is 24.3 Å². The largest absolute Gasteiger partial charge is 0.396 e. The Balaban J connectivity index is 2.10. The van der Waals surface area contributed by atoms with Crippen molar-refractivity contribution in [2.45, 2.75) is 25.4 Å². The number of halogens is 3. The smallest absolute Gasteiger partial charge is 0.312 e. The lowest BCUT2D eigenvalue weighted by atomic mass is 10.1.